The molecule has 25 heavy (non-hydrogen) atoms. The van der Waals surface area contributed by atoms with E-state index < -0.39 is 0 Å². The summed E-state index contributed by atoms with van der Waals surface area (Å²) in [4.78, 5) is 4.42. The maximum atomic E-state index is 13.1. The summed E-state index contributed by atoms with van der Waals surface area (Å²) in [5, 5.41) is 6.14. The molecule has 0 aliphatic carbocycles. The molecule has 4 rings (SSSR count). The smallest absolute Gasteiger partial charge is 0.258 e. The van der Waals surface area contributed by atoms with E-state index in [-0.39, 0.29) is 12.4 Å². The summed E-state index contributed by atoms with van der Waals surface area (Å²) in [7, 11) is 0. The van der Waals surface area contributed by atoms with Gasteiger partial charge in [-0.2, -0.15) is 4.98 Å². The van der Waals surface area contributed by atoms with Crippen molar-refractivity contribution in [1.29, 1.82) is 0 Å². The van der Waals surface area contributed by atoms with Crippen molar-refractivity contribution in [2.75, 3.05) is 0 Å². The van der Waals surface area contributed by atoms with Gasteiger partial charge in [-0.15, -0.1) is 0 Å². The second-order valence-electron chi connectivity index (χ2n) is 5.74. The van der Waals surface area contributed by atoms with Crippen molar-refractivity contribution in [3.63, 3.8) is 0 Å². The van der Waals surface area contributed by atoms with Crippen molar-refractivity contribution in [3.8, 4) is 17.2 Å². The predicted octanol–water partition coefficient (Wildman–Crippen LogP) is 4.92. The van der Waals surface area contributed by atoms with Crippen LogP contribution in [0.2, 0.25) is 0 Å². The van der Waals surface area contributed by atoms with E-state index in [0.717, 1.165) is 21.9 Å². The van der Waals surface area contributed by atoms with Crippen LogP contribution in [0.1, 0.15) is 11.4 Å². The van der Waals surface area contributed by atoms with Crippen LogP contribution in [0.3, 0.4) is 0 Å². The molecule has 0 N–H and O–H groups in total. The molecule has 1 heterocycles. The molecule has 0 amide bonds. The van der Waals surface area contributed by atoms with Crippen molar-refractivity contribution in [2.45, 2.75) is 13.5 Å². The lowest BCUT2D eigenvalue weighted by atomic mass is 10.0. The number of aromatic nitrogens is 2. The van der Waals surface area contributed by atoms with Gasteiger partial charge in [-0.05, 0) is 47.5 Å². The number of aryl methyl sites for hydroxylation is 1. The lowest BCUT2D eigenvalue weighted by Gasteiger charge is -2.06. The molecule has 1 aromatic heterocycles. The summed E-state index contributed by atoms with van der Waals surface area (Å²) in [6.07, 6.45) is 0. The molecule has 0 unspecified atom stereocenters. The first kappa shape index (κ1) is 15.3. The second-order valence-corrected chi connectivity index (χ2v) is 5.74. The maximum Gasteiger partial charge on any atom is 0.258 e. The first-order valence-corrected chi connectivity index (χ1v) is 7.90. The van der Waals surface area contributed by atoms with Gasteiger partial charge in [-0.25, -0.2) is 4.39 Å². The zero-order chi connectivity index (χ0) is 17.2. The molecule has 0 spiro atoms. The highest BCUT2D eigenvalue weighted by Gasteiger charge is 2.12. The molecular formula is C20H15FN2O2. The molecule has 0 fully saturated rings. The van der Waals surface area contributed by atoms with E-state index in [4.69, 9.17) is 9.26 Å². The van der Waals surface area contributed by atoms with Crippen LogP contribution >= 0.6 is 0 Å². The summed E-state index contributed by atoms with van der Waals surface area (Å²) >= 11 is 0. The van der Waals surface area contributed by atoms with Crippen molar-refractivity contribution in [1.82, 2.24) is 10.1 Å². The lowest BCUT2D eigenvalue weighted by molar-refractivity contribution is 0.285. The van der Waals surface area contributed by atoms with Crippen LogP contribution in [0.5, 0.6) is 5.75 Å². The third kappa shape index (κ3) is 3.08. The van der Waals surface area contributed by atoms with E-state index in [1.54, 1.807) is 13.0 Å². The third-order valence-electron chi connectivity index (χ3n) is 3.98. The molecule has 0 radical (unpaired) electrons. The molecule has 0 atom stereocenters. The zero-order valence-corrected chi connectivity index (χ0v) is 13.6. The Hall–Kier alpha value is -3.21. The molecule has 0 bridgehead atoms. The number of hydrogen-bond acceptors (Lipinski definition) is 4. The number of rotatable bonds is 4. The molecule has 0 aliphatic rings. The van der Waals surface area contributed by atoms with Gasteiger partial charge in [0.05, 0.1) is 0 Å². The first-order chi connectivity index (χ1) is 12.2. The molecule has 4 nitrogen and oxygen atoms in total. The predicted molar refractivity (Wildman–Crippen MR) is 92.7 cm³/mol. The number of ether oxygens (including phenoxy) is 1. The van der Waals surface area contributed by atoms with Crippen LogP contribution in [0.4, 0.5) is 4.39 Å². The number of fused-ring (bicyclic) bond motifs is 1. The Kier molecular flexibility index (Phi) is 3.90. The lowest BCUT2D eigenvalue weighted by Crippen LogP contribution is -1.99. The Morgan fingerprint density at radius 2 is 1.88 bits per heavy atom. The minimum Gasteiger partial charge on any atom is -0.485 e. The minimum atomic E-state index is -0.289. The highest BCUT2D eigenvalue weighted by atomic mass is 19.1. The van der Waals surface area contributed by atoms with Gasteiger partial charge >= 0.3 is 0 Å². The van der Waals surface area contributed by atoms with Crippen LogP contribution in [-0.4, -0.2) is 10.1 Å². The molecule has 0 saturated heterocycles. The van der Waals surface area contributed by atoms with Crippen molar-refractivity contribution in [2.24, 2.45) is 0 Å². The van der Waals surface area contributed by atoms with E-state index >= 15 is 0 Å². The zero-order valence-electron chi connectivity index (χ0n) is 13.6. The summed E-state index contributed by atoms with van der Waals surface area (Å²) in [5.41, 5.74) is 1.60. The van der Waals surface area contributed by atoms with Crippen LogP contribution in [0.15, 0.2) is 65.2 Å². The van der Waals surface area contributed by atoms with Gasteiger partial charge in [0.25, 0.3) is 5.89 Å². The molecule has 0 aliphatic heterocycles. The largest absolute Gasteiger partial charge is 0.485 e. The van der Waals surface area contributed by atoms with E-state index in [2.05, 4.69) is 10.1 Å². The van der Waals surface area contributed by atoms with Crippen LogP contribution in [0, 0.1) is 12.7 Å². The van der Waals surface area contributed by atoms with Crippen molar-refractivity contribution >= 4 is 10.8 Å². The maximum absolute atomic E-state index is 13.1. The van der Waals surface area contributed by atoms with Gasteiger partial charge < -0.3 is 9.26 Å². The summed E-state index contributed by atoms with van der Waals surface area (Å²) < 4.78 is 24.2. The van der Waals surface area contributed by atoms with Crippen molar-refractivity contribution < 1.29 is 13.7 Å². The number of halogens is 1. The van der Waals surface area contributed by atoms with E-state index in [1.165, 1.54) is 12.1 Å². The Balaban J connectivity index is 1.58. The first-order valence-electron chi connectivity index (χ1n) is 7.90. The van der Waals surface area contributed by atoms with Gasteiger partial charge in [0, 0.05) is 5.56 Å². The normalized spacial score (nSPS) is 11.0. The molecule has 124 valence electrons. The number of hydrogen-bond donors (Lipinski definition) is 0. The fourth-order valence-corrected chi connectivity index (χ4v) is 2.75. The van der Waals surface area contributed by atoms with Gasteiger partial charge in [0.1, 0.15) is 11.6 Å². The number of nitrogens with zero attached hydrogens (tertiary/aromatic N) is 2. The second kappa shape index (κ2) is 6.36. The summed E-state index contributed by atoms with van der Waals surface area (Å²) in [6, 6.07) is 18.3. The Bertz CT molecular complexity index is 1040. The van der Waals surface area contributed by atoms with Crippen LogP contribution < -0.4 is 4.74 Å². The molecule has 0 saturated carbocycles. The fourth-order valence-electron chi connectivity index (χ4n) is 2.75. The quantitative estimate of drug-likeness (QED) is 0.532. The Labute approximate surface area is 143 Å². The van der Waals surface area contributed by atoms with Crippen LogP contribution in [-0.2, 0) is 6.61 Å². The SMILES string of the molecule is Cc1cc(F)ccc1OCc1noc(-c2cccc3ccccc23)n1. The van der Waals surface area contributed by atoms with Gasteiger partial charge in [0.15, 0.2) is 6.61 Å². The monoisotopic (exact) mass is 334 g/mol. The highest BCUT2D eigenvalue weighted by molar-refractivity contribution is 5.94. The third-order valence-corrected chi connectivity index (χ3v) is 3.98. The van der Waals surface area contributed by atoms with Gasteiger partial charge in [0.2, 0.25) is 5.82 Å². The fraction of sp³-hybridized carbons (Fsp3) is 0.100. The average molecular weight is 334 g/mol. The molecule has 5 heteroatoms. The topological polar surface area (TPSA) is 48.2 Å². The van der Waals surface area contributed by atoms with Crippen molar-refractivity contribution in [3.05, 3.63) is 77.9 Å². The molecular weight excluding hydrogens is 319 g/mol. The standard InChI is InChI=1S/C20H15FN2O2/c1-13-11-15(21)9-10-18(13)24-12-19-22-20(25-23-19)17-8-4-6-14-5-2-3-7-16(14)17/h2-11H,12H2,1H3. The van der Waals surface area contributed by atoms with Gasteiger partial charge in [-0.1, -0.05) is 41.6 Å². The van der Waals surface area contributed by atoms with Gasteiger partial charge in [-0.3, -0.25) is 0 Å². The minimum absolute atomic E-state index is 0.154. The van der Waals surface area contributed by atoms with E-state index in [0.29, 0.717) is 17.5 Å². The number of benzene rings is 3. The average Bonchev–Trinajstić information content (AvgIpc) is 3.09. The summed E-state index contributed by atoms with van der Waals surface area (Å²) in [6.45, 7) is 1.94. The van der Waals surface area contributed by atoms with Crippen LogP contribution in [0.25, 0.3) is 22.2 Å². The molecule has 4 aromatic rings. The molecule has 3 aromatic carbocycles. The van der Waals surface area contributed by atoms with E-state index in [1.807, 2.05) is 42.5 Å². The Morgan fingerprint density at radius 1 is 1.04 bits per heavy atom. The Morgan fingerprint density at radius 3 is 2.76 bits per heavy atom. The summed E-state index contributed by atoms with van der Waals surface area (Å²) in [5.74, 6) is 1.19. The highest BCUT2D eigenvalue weighted by Crippen LogP contribution is 2.27. The van der Waals surface area contributed by atoms with E-state index in [9.17, 15) is 4.39 Å².